The molecular formula is C28H29N5O3. The summed E-state index contributed by atoms with van der Waals surface area (Å²) < 4.78 is 12.6. The summed E-state index contributed by atoms with van der Waals surface area (Å²) >= 11 is 0. The van der Waals surface area contributed by atoms with Gasteiger partial charge in [-0.25, -0.2) is 9.67 Å². The summed E-state index contributed by atoms with van der Waals surface area (Å²) in [6, 6.07) is 19.3. The number of amides is 1. The van der Waals surface area contributed by atoms with E-state index in [1.807, 2.05) is 66.9 Å². The van der Waals surface area contributed by atoms with E-state index in [0.717, 1.165) is 35.7 Å². The fraction of sp³-hybridized carbons (Fsp3) is 0.250. The van der Waals surface area contributed by atoms with Gasteiger partial charge in [0.1, 0.15) is 11.5 Å². The van der Waals surface area contributed by atoms with Crippen LogP contribution in [0.25, 0.3) is 16.9 Å². The number of pyridine rings is 1. The third-order valence-corrected chi connectivity index (χ3v) is 6.33. The average Bonchev–Trinajstić information content (AvgIpc) is 3.63. The highest BCUT2D eigenvalue weighted by Gasteiger charge is 2.20. The molecule has 0 radical (unpaired) electrons. The van der Waals surface area contributed by atoms with Crippen molar-refractivity contribution in [2.24, 2.45) is 0 Å². The molecule has 8 heteroatoms. The summed E-state index contributed by atoms with van der Waals surface area (Å²) in [5, 5.41) is 7.78. The lowest BCUT2D eigenvalue weighted by molar-refractivity contribution is 0.0951. The van der Waals surface area contributed by atoms with E-state index in [1.54, 1.807) is 25.1 Å². The lowest BCUT2D eigenvalue weighted by Crippen LogP contribution is -2.23. The minimum atomic E-state index is -0.217. The van der Waals surface area contributed by atoms with Gasteiger partial charge in [-0.3, -0.25) is 4.79 Å². The molecule has 2 aromatic carbocycles. The van der Waals surface area contributed by atoms with Crippen molar-refractivity contribution in [3.05, 3.63) is 84.2 Å². The Balaban J connectivity index is 1.41. The van der Waals surface area contributed by atoms with E-state index in [9.17, 15) is 4.79 Å². The largest absolute Gasteiger partial charge is 0.493 e. The van der Waals surface area contributed by atoms with Crippen LogP contribution in [0.4, 0.5) is 5.82 Å². The van der Waals surface area contributed by atoms with E-state index in [2.05, 4.69) is 15.2 Å². The smallest absolute Gasteiger partial charge is 0.255 e. The molecule has 1 aliphatic heterocycles. The fourth-order valence-electron chi connectivity index (χ4n) is 4.38. The first-order valence-electron chi connectivity index (χ1n) is 12.0. The van der Waals surface area contributed by atoms with Gasteiger partial charge in [0.2, 0.25) is 0 Å². The second kappa shape index (κ2) is 10.5. The number of aromatic nitrogens is 3. The minimum absolute atomic E-state index is 0.217. The van der Waals surface area contributed by atoms with E-state index >= 15 is 0 Å². The van der Waals surface area contributed by atoms with Gasteiger partial charge in [-0.1, -0.05) is 24.3 Å². The SMILES string of the molecule is COc1ccc(-c2nn(-c3ccccc3)cc2C(=O)NCc2ccc(N3CCCC3)nc2)cc1OC. The van der Waals surface area contributed by atoms with Crippen molar-refractivity contribution in [1.29, 1.82) is 0 Å². The number of nitrogens with zero attached hydrogens (tertiary/aromatic N) is 4. The lowest BCUT2D eigenvalue weighted by Gasteiger charge is -2.16. The molecular weight excluding hydrogens is 454 g/mol. The van der Waals surface area contributed by atoms with Gasteiger partial charge >= 0.3 is 0 Å². The van der Waals surface area contributed by atoms with Crippen LogP contribution in [-0.2, 0) is 6.54 Å². The Kier molecular flexibility index (Phi) is 6.84. The summed E-state index contributed by atoms with van der Waals surface area (Å²) in [6.07, 6.45) is 6.00. The zero-order valence-corrected chi connectivity index (χ0v) is 20.5. The van der Waals surface area contributed by atoms with Gasteiger partial charge in [0.25, 0.3) is 5.91 Å². The fourth-order valence-corrected chi connectivity index (χ4v) is 4.38. The molecule has 4 aromatic rings. The van der Waals surface area contributed by atoms with Crippen molar-refractivity contribution >= 4 is 11.7 Å². The Morgan fingerprint density at radius 1 is 0.972 bits per heavy atom. The molecule has 1 saturated heterocycles. The van der Waals surface area contributed by atoms with Gasteiger partial charge in [0.15, 0.2) is 11.5 Å². The van der Waals surface area contributed by atoms with Crippen LogP contribution in [0.3, 0.4) is 0 Å². The van der Waals surface area contributed by atoms with Crippen molar-refractivity contribution in [2.75, 3.05) is 32.2 Å². The molecule has 5 rings (SSSR count). The first kappa shape index (κ1) is 23.4. The van der Waals surface area contributed by atoms with E-state index in [4.69, 9.17) is 14.6 Å². The number of anilines is 1. The van der Waals surface area contributed by atoms with Gasteiger partial charge in [0, 0.05) is 37.6 Å². The number of hydrogen-bond acceptors (Lipinski definition) is 6. The van der Waals surface area contributed by atoms with Crippen LogP contribution in [0.15, 0.2) is 73.1 Å². The zero-order valence-electron chi connectivity index (χ0n) is 20.5. The number of carbonyl (C=O) groups excluding carboxylic acids is 1. The number of ether oxygens (including phenoxy) is 2. The van der Waals surface area contributed by atoms with Crippen LogP contribution in [0.1, 0.15) is 28.8 Å². The van der Waals surface area contributed by atoms with Crippen molar-refractivity contribution in [1.82, 2.24) is 20.1 Å². The van der Waals surface area contributed by atoms with Crippen LogP contribution in [0.2, 0.25) is 0 Å². The van der Waals surface area contributed by atoms with Crippen LogP contribution in [0.5, 0.6) is 11.5 Å². The van der Waals surface area contributed by atoms with Crippen LogP contribution < -0.4 is 19.7 Å². The number of hydrogen-bond donors (Lipinski definition) is 1. The van der Waals surface area contributed by atoms with E-state index in [0.29, 0.717) is 29.3 Å². The molecule has 36 heavy (non-hydrogen) atoms. The molecule has 0 atom stereocenters. The number of para-hydroxylation sites is 1. The highest BCUT2D eigenvalue weighted by molar-refractivity contribution is 6.00. The molecule has 8 nitrogen and oxygen atoms in total. The Bertz CT molecular complexity index is 1330. The molecule has 184 valence electrons. The molecule has 3 heterocycles. The zero-order chi connectivity index (χ0) is 24.9. The van der Waals surface area contributed by atoms with Crippen molar-refractivity contribution in [3.63, 3.8) is 0 Å². The Morgan fingerprint density at radius 3 is 2.44 bits per heavy atom. The molecule has 1 fully saturated rings. The van der Waals surface area contributed by atoms with Crippen LogP contribution >= 0.6 is 0 Å². The molecule has 2 aromatic heterocycles. The number of rotatable bonds is 8. The second-order valence-electron chi connectivity index (χ2n) is 8.64. The highest BCUT2D eigenvalue weighted by Crippen LogP contribution is 2.33. The molecule has 1 amide bonds. The maximum atomic E-state index is 13.4. The van der Waals surface area contributed by atoms with Gasteiger partial charge in [-0.2, -0.15) is 5.10 Å². The molecule has 0 unspecified atom stereocenters. The maximum absolute atomic E-state index is 13.4. The standard InChI is InChI=1S/C28H29N5O3/c1-35-24-12-11-21(16-25(24)36-2)27-23(19-33(31-27)22-8-4-3-5-9-22)28(34)30-18-20-10-13-26(29-17-20)32-14-6-7-15-32/h3-5,8-13,16-17,19H,6-7,14-15,18H2,1-2H3,(H,30,34). The summed E-state index contributed by atoms with van der Waals surface area (Å²) in [5.41, 5.74) is 3.58. The first-order valence-corrected chi connectivity index (χ1v) is 12.0. The molecule has 1 N–H and O–H groups in total. The molecule has 0 spiro atoms. The van der Waals surface area contributed by atoms with Gasteiger partial charge < -0.3 is 19.7 Å². The number of benzene rings is 2. The van der Waals surface area contributed by atoms with E-state index in [-0.39, 0.29) is 5.91 Å². The highest BCUT2D eigenvalue weighted by atomic mass is 16.5. The minimum Gasteiger partial charge on any atom is -0.493 e. The van der Waals surface area contributed by atoms with Crippen molar-refractivity contribution < 1.29 is 14.3 Å². The predicted molar refractivity (Wildman–Crippen MR) is 139 cm³/mol. The number of methoxy groups -OCH3 is 2. The Morgan fingerprint density at radius 2 is 1.75 bits per heavy atom. The molecule has 0 aliphatic carbocycles. The molecule has 0 saturated carbocycles. The number of carbonyl (C=O) groups is 1. The topological polar surface area (TPSA) is 81.5 Å². The van der Waals surface area contributed by atoms with E-state index in [1.165, 1.54) is 12.8 Å². The summed E-state index contributed by atoms with van der Waals surface area (Å²) in [6.45, 7) is 2.47. The summed E-state index contributed by atoms with van der Waals surface area (Å²) in [4.78, 5) is 20.2. The summed E-state index contributed by atoms with van der Waals surface area (Å²) in [5.74, 6) is 1.95. The normalized spacial score (nSPS) is 13.0. The van der Waals surface area contributed by atoms with E-state index < -0.39 is 0 Å². The Hall–Kier alpha value is -4.33. The van der Waals surface area contributed by atoms with Crippen molar-refractivity contribution in [2.45, 2.75) is 19.4 Å². The van der Waals surface area contributed by atoms with Gasteiger partial charge in [-0.05, 0) is 54.8 Å². The first-order chi connectivity index (χ1) is 17.7. The average molecular weight is 484 g/mol. The third-order valence-electron chi connectivity index (χ3n) is 6.33. The number of nitrogens with one attached hydrogen (secondary N) is 1. The van der Waals surface area contributed by atoms with Gasteiger partial charge in [0.05, 0.1) is 25.5 Å². The molecule has 0 bridgehead atoms. The third kappa shape index (κ3) is 4.88. The van der Waals surface area contributed by atoms with Crippen LogP contribution in [0, 0.1) is 0 Å². The quantitative estimate of drug-likeness (QED) is 0.398. The maximum Gasteiger partial charge on any atom is 0.255 e. The summed E-state index contributed by atoms with van der Waals surface area (Å²) in [7, 11) is 3.17. The monoisotopic (exact) mass is 483 g/mol. The Labute approximate surface area is 210 Å². The predicted octanol–water partition coefficient (Wildman–Crippen LogP) is 4.48. The van der Waals surface area contributed by atoms with Crippen LogP contribution in [-0.4, -0.2) is 48.0 Å². The second-order valence-corrected chi connectivity index (χ2v) is 8.64. The van der Waals surface area contributed by atoms with Crippen molar-refractivity contribution in [3.8, 4) is 28.4 Å². The van der Waals surface area contributed by atoms with Gasteiger partial charge in [-0.15, -0.1) is 0 Å². The lowest BCUT2D eigenvalue weighted by atomic mass is 10.1. The molecule has 1 aliphatic rings.